The molecule has 8 nitrogen and oxygen atoms in total. The van der Waals surface area contributed by atoms with E-state index in [1.54, 1.807) is 6.07 Å². The van der Waals surface area contributed by atoms with Crippen LogP contribution in [-0.4, -0.2) is 50.1 Å². The fourth-order valence-corrected chi connectivity index (χ4v) is 5.04. The molecule has 0 aliphatic rings. The van der Waals surface area contributed by atoms with Gasteiger partial charge in [-0.1, -0.05) is 0 Å². The topological polar surface area (TPSA) is 136 Å². The zero-order valence-electron chi connectivity index (χ0n) is 16.4. The van der Waals surface area contributed by atoms with E-state index in [1.807, 2.05) is 55.5 Å². The van der Waals surface area contributed by atoms with Gasteiger partial charge >= 0.3 is 181 Å². The number of para-hydroxylation sites is 1. The van der Waals surface area contributed by atoms with Crippen LogP contribution in [-0.2, 0) is 0 Å². The summed E-state index contributed by atoms with van der Waals surface area (Å²) in [7, 11) is 0. The van der Waals surface area contributed by atoms with Crippen LogP contribution < -0.4 is 30.9 Å². The number of aromatic nitrogens is 2. The van der Waals surface area contributed by atoms with Crippen molar-refractivity contribution >= 4 is 48.0 Å². The molecule has 30 heavy (non-hydrogen) atoms. The van der Waals surface area contributed by atoms with Crippen molar-refractivity contribution in [2.24, 2.45) is 11.5 Å². The zero-order valence-corrected chi connectivity index (χ0v) is 18.5. The van der Waals surface area contributed by atoms with Gasteiger partial charge in [0.25, 0.3) is 0 Å². The number of nitrogens with one attached hydrogen (secondary N) is 2. The SMILES string of the molecule is CC(N)CNc1ncc(C(N)=O)c([AsH]c2cccc(C(=O)Nc3ccccc3)c2)n1. The predicted octanol–water partition coefficient (Wildman–Crippen LogP) is -0.0258. The van der Waals surface area contributed by atoms with E-state index in [2.05, 4.69) is 20.6 Å². The number of rotatable bonds is 8. The molecule has 2 aromatic carbocycles. The molecule has 1 aromatic heterocycles. The Morgan fingerprint density at radius 2 is 1.90 bits per heavy atom. The van der Waals surface area contributed by atoms with E-state index in [-0.39, 0.29) is 11.9 Å². The van der Waals surface area contributed by atoms with E-state index in [4.69, 9.17) is 11.5 Å². The van der Waals surface area contributed by atoms with Crippen molar-refractivity contribution in [2.45, 2.75) is 13.0 Å². The Labute approximate surface area is 181 Å². The summed E-state index contributed by atoms with van der Waals surface area (Å²) in [5, 5.41) is 5.92. The molecule has 9 heteroatoms. The third kappa shape index (κ3) is 5.89. The average Bonchev–Trinajstić information content (AvgIpc) is 2.73. The first-order valence-corrected chi connectivity index (χ1v) is 11.4. The first-order valence-electron chi connectivity index (χ1n) is 9.32. The molecular formula is C21H23AsN6O2. The van der Waals surface area contributed by atoms with E-state index in [0.29, 0.717) is 28.1 Å². The number of nitrogens with two attached hydrogens (primary N) is 2. The summed E-state index contributed by atoms with van der Waals surface area (Å²) in [5.74, 6) is -0.383. The maximum atomic E-state index is 12.6. The van der Waals surface area contributed by atoms with Gasteiger partial charge in [0.2, 0.25) is 0 Å². The van der Waals surface area contributed by atoms with Crippen LogP contribution in [0.3, 0.4) is 0 Å². The first kappa shape index (κ1) is 21.5. The number of carbonyl (C=O) groups excluding carboxylic acids is 2. The van der Waals surface area contributed by atoms with Gasteiger partial charge < -0.3 is 0 Å². The number of hydrogen-bond acceptors (Lipinski definition) is 6. The molecule has 1 heterocycles. The number of nitrogens with zero attached hydrogens (tertiary/aromatic N) is 2. The summed E-state index contributed by atoms with van der Waals surface area (Å²) in [5.41, 5.74) is 12.8. The Morgan fingerprint density at radius 3 is 2.60 bits per heavy atom. The number of anilines is 2. The number of amides is 2. The number of benzene rings is 2. The van der Waals surface area contributed by atoms with Gasteiger partial charge in [-0.15, -0.1) is 0 Å². The summed E-state index contributed by atoms with van der Waals surface area (Å²) in [6.07, 6.45) is 1.43. The van der Waals surface area contributed by atoms with Crippen LogP contribution in [0.15, 0.2) is 60.8 Å². The molecule has 2 atom stereocenters. The molecule has 0 spiro atoms. The quantitative estimate of drug-likeness (QED) is 0.345. The van der Waals surface area contributed by atoms with Gasteiger partial charge in [-0.25, -0.2) is 0 Å². The molecule has 2 unspecified atom stereocenters. The normalized spacial score (nSPS) is 11.9. The van der Waals surface area contributed by atoms with E-state index >= 15 is 0 Å². The molecule has 3 rings (SSSR count). The van der Waals surface area contributed by atoms with Crippen molar-refractivity contribution in [3.63, 3.8) is 0 Å². The van der Waals surface area contributed by atoms with Crippen LogP contribution in [0.5, 0.6) is 0 Å². The van der Waals surface area contributed by atoms with Crippen LogP contribution in [0.1, 0.15) is 27.6 Å². The Balaban J connectivity index is 1.81. The zero-order chi connectivity index (χ0) is 21.5. The van der Waals surface area contributed by atoms with E-state index in [0.717, 1.165) is 10.0 Å². The average molecular weight is 466 g/mol. The third-order valence-electron chi connectivity index (χ3n) is 4.06. The van der Waals surface area contributed by atoms with Gasteiger partial charge in [0.05, 0.1) is 0 Å². The second-order valence-electron chi connectivity index (χ2n) is 6.70. The summed E-state index contributed by atoms with van der Waals surface area (Å²) in [6.45, 7) is 2.37. The van der Waals surface area contributed by atoms with Crippen molar-refractivity contribution in [1.29, 1.82) is 0 Å². The molecule has 154 valence electrons. The summed E-state index contributed by atoms with van der Waals surface area (Å²) >= 11 is -1.04. The second-order valence-corrected chi connectivity index (χ2v) is 9.43. The van der Waals surface area contributed by atoms with Crippen LogP contribution in [0.25, 0.3) is 0 Å². The predicted molar refractivity (Wildman–Crippen MR) is 120 cm³/mol. The third-order valence-corrected chi connectivity index (χ3v) is 6.61. The molecule has 0 aliphatic carbocycles. The Kier molecular flexibility index (Phi) is 7.16. The summed E-state index contributed by atoms with van der Waals surface area (Å²) in [4.78, 5) is 33.0. The molecule has 6 N–H and O–H groups in total. The fourth-order valence-electron chi connectivity index (χ4n) is 2.59. The van der Waals surface area contributed by atoms with Crippen molar-refractivity contribution < 1.29 is 9.59 Å². The standard InChI is InChI=1S/C21H23AsN6O2/c1-13(23)11-25-21-26-12-17(19(24)29)18(28-21)22-15-7-5-6-14(10-15)20(30)27-16-8-3-2-4-9-16/h2-10,12-13,22H,11,23H2,1H3,(H2,24,29)(H,27,30)(H,25,26,28). The molecule has 0 radical (unpaired) electrons. The monoisotopic (exact) mass is 466 g/mol. The van der Waals surface area contributed by atoms with Gasteiger partial charge in [-0.05, 0) is 0 Å². The fraction of sp³-hybridized carbons (Fsp3) is 0.143. The van der Waals surface area contributed by atoms with E-state index < -0.39 is 21.7 Å². The van der Waals surface area contributed by atoms with Gasteiger partial charge in [-0.3, -0.25) is 0 Å². The summed E-state index contributed by atoms with van der Waals surface area (Å²) in [6, 6.07) is 16.5. The minimum atomic E-state index is -1.04. The minimum absolute atomic E-state index is 0.0660. The molecule has 0 saturated carbocycles. The van der Waals surface area contributed by atoms with Crippen molar-refractivity contribution in [1.82, 2.24) is 9.97 Å². The Hall–Kier alpha value is -3.22. The van der Waals surface area contributed by atoms with Crippen molar-refractivity contribution in [3.05, 3.63) is 71.9 Å². The van der Waals surface area contributed by atoms with Gasteiger partial charge in [0.1, 0.15) is 0 Å². The van der Waals surface area contributed by atoms with Crippen molar-refractivity contribution in [3.8, 4) is 0 Å². The second kappa shape index (κ2) is 10.0. The maximum absolute atomic E-state index is 12.6. The van der Waals surface area contributed by atoms with Crippen LogP contribution in [0.4, 0.5) is 11.6 Å². The van der Waals surface area contributed by atoms with E-state index in [1.165, 1.54) is 6.20 Å². The number of primary amides is 1. The molecule has 2 amide bonds. The Morgan fingerprint density at radius 1 is 1.13 bits per heavy atom. The van der Waals surface area contributed by atoms with Crippen LogP contribution in [0, 0.1) is 0 Å². The Bertz CT molecular complexity index is 1040. The first-order chi connectivity index (χ1) is 14.4. The van der Waals surface area contributed by atoms with Gasteiger partial charge in [-0.2, -0.15) is 0 Å². The number of carbonyl (C=O) groups is 2. The molecule has 0 saturated heterocycles. The van der Waals surface area contributed by atoms with E-state index in [9.17, 15) is 9.59 Å². The van der Waals surface area contributed by atoms with Gasteiger partial charge in [0.15, 0.2) is 0 Å². The molecule has 0 aliphatic heterocycles. The number of hydrogen-bond donors (Lipinski definition) is 4. The van der Waals surface area contributed by atoms with Crippen LogP contribution >= 0.6 is 0 Å². The molecular weight excluding hydrogens is 443 g/mol. The molecule has 0 fully saturated rings. The van der Waals surface area contributed by atoms with Gasteiger partial charge in [0, 0.05) is 0 Å². The summed E-state index contributed by atoms with van der Waals surface area (Å²) < 4.78 is 1.54. The molecule has 0 bridgehead atoms. The van der Waals surface area contributed by atoms with Crippen molar-refractivity contribution in [2.75, 3.05) is 17.2 Å². The molecule has 3 aromatic rings. The van der Waals surface area contributed by atoms with Crippen LogP contribution in [0.2, 0.25) is 0 Å².